The lowest BCUT2D eigenvalue weighted by Crippen LogP contribution is -2.51. The van der Waals surface area contributed by atoms with Gasteiger partial charge in [0.2, 0.25) is 5.91 Å². The van der Waals surface area contributed by atoms with Crippen molar-refractivity contribution in [1.82, 2.24) is 9.80 Å². The van der Waals surface area contributed by atoms with Crippen molar-refractivity contribution in [1.29, 1.82) is 0 Å². The first-order valence-electron chi connectivity index (χ1n) is 8.11. The number of aliphatic hydroxyl groups is 1. The van der Waals surface area contributed by atoms with Crippen LogP contribution in [0.5, 0.6) is 0 Å². The normalized spacial score (nSPS) is 19.9. The van der Waals surface area contributed by atoms with Crippen LogP contribution in [0, 0.1) is 0 Å². The lowest BCUT2D eigenvalue weighted by molar-refractivity contribution is -0.138. The van der Waals surface area contributed by atoms with E-state index in [1.54, 1.807) is 0 Å². The Balaban J connectivity index is 2.03. The van der Waals surface area contributed by atoms with Crippen molar-refractivity contribution in [2.45, 2.75) is 51.8 Å². The maximum atomic E-state index is 12.8. The second-order valence-corrected chi connectivity index (χ2v) is 7.17. The van der Waals surface area contributed by atoms with Gasteiger partial charge in [0.25, 0.3) is 0 Å². The Labute approximate surface area is 133 Å². The van der Waals surface area contributed by atoms with Crippen molar-refractivity contribution >= 4 is 5.91 Å². The van der Waals surface area contributed by atoms with Crippen LogP contribution in [0.4, 0.5) is 0 Å². The highest BCUT2D eigenvalue weighted by Gasteiger charge is 2.29. The molecular weight excluding hydrogens is 276 g/mol. The van der Waals surface area contributed by atoms with E-state index >= 15 is 0 Å². The fourth-order valence-electron chi connectivity index (χ4n) is 2.92. The highest BCUT2D eigenvalue weighted by molar-refractivity contribution is 5.79. The molecule has 1 N–H and O–H groups in total. The van der Waals surface area contributed by atoms with E-state index in [-0.39, 0.29) is 17.6 Å². The van der Waals surface area contributed by atoms with Gasteiger partial charge < -0.3 is 10.0 Å². The van der Waals surface area contributed by atoms with Gasteiger partial charge in [0, 0.05) is 18.6 Å². The number of carbonyl (C=O) groups is 1. The van der Waals surface area contributed by atoms with E-state index < -0.39 is 0 Å². The van der Waals surface area contributed by atoms with Crippen LogP contribution in [-0.4, -0.2) is 52.1 Å². The molecule has 0 radical (unpaired) electrons. The molecule has 122 valence electrons. The maximum Gasteiger partial charge on any atom is 0.237 e. The van der Waals surface area contributed by atoms with Crippen molar-refractivity contribution in [3.63, 3.8) is 0 Å². The van der Waals surface area contributed by atoms with E-state index in [9.17, 15) is 9.90 Å². The summed E-state index contributed by atoms with van der Waals surface area (Å²) in [6.07, 6.45) is 1.51. The van der Waals surface area contributed by atoms with Crippen LogP contribution in [0.2, 0.25) is 0 Å². The predicted molar refractivity (Wildman–Crippen MR) is 88.4 cm³/mol. The number of hydrogen-bond donors (Lipinski definition) is 1. The molecule has 1 aliphatic heterocycles. The smallest absolute Gasteiger partial charge is 0.237 e. The number of carbonyl (C=O) groups excluding carboxylic acids is 1. The standard InChI is InChI=1S/C18H28N2O2/c1-18(2,3)20(12-15-8-5-4-6-9-15)17(22)14-19-11-7-10-16(21)13-19/h4-6,8-9,16,21H,7,10-14H2,1-3H3. The minimum Gasteiger partial charge on any atom is -0.392 e. The molecule has 1 fully saturated rings. The lowest BCUT2D eigenvalue weighted by atomic mass is 10.0. The Morgan fingerprint density at radius 2 is 2.00 bits per heavy atom. The molecule has 1 aromatic carbocycles. The second kappa shape index (κ2) is 7.25. The summed E-state index contributed by atoms with van der Waals surface area (Å²) < 4.78 is 0. The SMILES string of the molecule is CC(C)(C)N(Cc1ccccc1)C(=O)CN1CCCC(O)C1. The molecule has 1 unspecified atom stereocenters. The number of hydrogen-bond acceptors (Lipinski definition) is 3. The number of rotatable bonds is 4. The van der Waals surface area contributed by atoms with Crippen LogP contribution in [0.15, 0.2) is 30.3 Å². The van der Waals surface area contributed by atoms with Gasteiger partial charge in [0.15, 0.2) is 0 Å². The Bertz CT molecular complexity index is 482. The van der Waals surface area contributed by atoms with Crippen molar-refractivity contribution < 1.29 is 9.90 Å². The minimum absolute atomic E-state index is 0.130. The molecule has 0 aromatic heterocycles. The summed E-state index contributed by atoms with van der Waals surface area (Å²) in [5.41, 5.74) is 0.922. The zero-order valence-corrected chi connectivity index (χ0v) is 14.0. The summed E-state index contributed by atoms with van der Waals surface area (Å²) in [5.74, 6) is 0.130. The Kier molecular flexibility index (Phi) is 5.59. The van der Waals surface area contributed by atoms with Crippen molar-refractivity contribution in [3.05, 3.63) is 35.9 Å². The highest BCUT2D eigenvalue weighted by Crippen LogP contribution is 2.19. The van der Waals surface area contributed by atoms with Gasteiger partial charge in [-0.05, 0) is 45.7 Å². The Morgan fingerprint density at radius 1 is 1.32 bits per heavy atom. The molecule has 0 bridgehead atoms. The molecule has 1 aromatic rings. The molecule has 0 spiro atoms. The van der Waals surface area contributed by atoms with Gasteiger partial charge in [0.1, 0.15) is 0 Å². The molecule has 1 atom stereocenters. The molecule has 1 saturated heterocycles. The molecule has 4 heteroatoms. The molecule has 0 saturated carbocycles. The van der Waals surface area contributed by atoms with E-state index in [1.165, 1.54) is 0 Å². The lowest BCUT2D eigenvalue weighted by Gasteiger charge is -2.38. The molecular formula is C18H28N2O2. The minimum atomic E-state index is -0.293. The van der Waals surface area contributed by atoms with Gasteiger partial charge in [-0.25, -0.2) is 0 Å². The molecule has 0 aliphatic carbocycles. The van der Waals surface area contributed by atoms with Crippen molar-refractivity contribution in [3.8, 4) is 0 Å². The number of nitrogens with zero attached hydrogens (tertiary/aromatic N) is 2. The molecule has 1 heterocycles. The number of aliphatic hydroxyl groups excluding tert-OH is 1. The van der Waals surface area contributed by atoms with Gasteiger partial charge in [0.05, 0.1) is 12.6 Å². The zero-order valence-electron chi connectivity index (χ0n) is 14.0. The quantitative estimate of drug-likeness (QED) is 0.928. The molecule has 4 nitrogen and oxygen atoms in total. The van der Waals surface area contributed by atoms with Gasteiger partial charge in [-0.1, -0.05) is 30.3 Å². The topological polar surface area (TPSA) is 43.8 Å². The van der Waals surface area contributed by atoms with Crippen molar-refractivity contribution in [2.24, 2.45) is 0 Å². The number of piperidine rings is 1. The first-order chi connectivity index (χ1) is 10.4. The molecule has 22 heavy (non-hydrogen) atoms. The third-order valence-corrected chi connectivity index (χ3v) is 4.13. The van der Waals surface area contributed by atoms with Gasteiger partial charge >= 0.3 is 0 Å². The van der Waals surface area contributed by atoms with Crippen LogP contribution in [0.1, 0.15) is 39.2 Å². The Hall–Kier alpha value is -1.39. The molecule has 1 aliphatic rings. The molecule has 2 rings (SSSR count). The average molecular weight is 304 g/mol. The summed E-state index contributed by atoms with van der Waals surface area (Å²) in [6.45, 7) is 8.72. The predicted octanol–water partition coefficient (Wildman–Crippen LogP) is 2.27. The number of amides is 1. The highest BCUT2D eigenvalue weighted by atomic mass is 16.3. The van der Waals surface area contributed by atoms with Crippen LogP contribution in [0.3, 0.4) is 0 Å². The largest absolute Gasteiger partial charge is 0.392 e. The van der Waals surface area contributed by atoms with Crippen LogP contribution >= 0.6 is 0 Å². The monoisotopic (exact) mass is 304 g/mol. The van der Waals surface area contributed by atoms with Gasteiger partial charge in [-0.2, -0.15) is 0 Å². The van der Waals surface area contributed by atoms with Gasteiger partial charge in [-0.15, -0.1) is 0 Å². The first-order valence-corrected chi connectivity index (χ1v) is 8.11. The summed E-state index contributed by atoms with van der Waals surface area (Å²) >= 11 is 0. The van der Waals surface area contributed by atoms with Crippen LogP contribution in [0.25, 0.3) is 0 Å². The van der Waals surface area contributed by atoms with E-state index in [1.807, 2.05) is 23.1 Å². The van der Waals surface area contributed by atoms with Gasteiger partial charge in [-0.3, -0.25) is 9.69 Å². The third-order valence-electron chi connectivity index (χ3n) is 4.13. The molecule has 1 amide bonds. The average Bonchev–Trinajstić information content (AvgIpc) is 2.44. The van der Waals surface area contributed by atoms with Crippen LogP contribution < -0.4 is 0 Å². The first kappa shape index (κ1) is 17.0. The summed E-state index contributed by atoms with van der Waals surface area (Å²) in [5, 5.41) is 9.76. The summed E-state index contributed by atoms with van der Waals surface area (Å²) in [4.78, 5) is 16.8. The summed E-state index contributed by atoms with van der Waals surface area (Å²) in [7, 11) is 0. The van der Waals surface area contributed by atoms with E-state index in [2.05, 4.69) is 37.8 Å². The van der Waals surface area contributed by atoms with E-state index in [4.69, 9.17) is 0 Å². The number of benzene rings is 1. The summed E-state index contributed by atoms with van der Waals surface area (Å²) in [6, 6.07) is 10.1. The zero-order chi connectivity index (χ0) is 16.2. The fourth-order valence-corrected chi connectivity index (χ4v) is 2.92. The maximum absolute atomic E-state index is 12.8. The van der Waals surface area contributed by atoms with E-state index in [0.29, 0.717) is 19.6 Å². The third kappa shape index (κ3) is 4.82. The number of likely N-dealkylation sites (tertiary alicyclic amines) is 1. The number of β-amino-alcohol motifs (C(OH)–C–C–N with tert-alkyl or cyclic N) is 1. The second-order valence-electron chi connectivity index (χ2n) is 7.17. The Morgan fingerprint density at radius 3 is 2.59 bits per heavy atom. The van der Waals surface area contributed by atoms with E-state index in [0.717, 1.165) is 24.9 Å². The fraction of sp³-hybridized carbons (Fsp3) is 0.611. The van der Waals surface area contributed by atoms with Crippen LogP contribution in [-0.2, 0) is 11.3 Å². The van der Waals surface area contributed by atoms with Crippen molar-refractivity contribution in [2.75, 3.05) is 19.6 Å².